The van der Waals surface area contributed by atoms with Crippen LogP contribution in [0.2, 0.25) is 36.3 Å². The van der Waals surface area contributed by atoms with Crippen LogP contribution in [0.25, 0.3) is 0 Å². The van der Waals surface area contributed by atoms with Crippen molar-refractivity contribution in [1.82, 2.24) is 9.97 Å². The number of hydrogen-bond donors (Lipinski definition) is 1. The number of nitrogens with two attached hydrogens (primary N) is 1. The van der Waals surface area contributed by atoms with Gasteiger partial charge in [-0.3, -0.25) is 9.97 Å². The van der Waals surface area contributed by atoms with Crippen LogP contribution in [0.15, 0.2) is 36.7 Å². The molecule has 0 aliphatic heterocycles. The first-order valence-corrected chi connectivity index (χ1v) is 17.3. The summed E-state index contributed by atoms with van der Waals surface area (Å²) in [5.74, 6) is 0. The Morgan fingerprint density at radius 2 is 1.09 bits per heavy atom. The van der Waals surface area contributed by atoms with E-state index in [1.54, 1.807) is 12.4 Å². The van der Waals surface area contributed by atoms with Gasteiger partial charge in [-0.05, 0) is 59.5 Å². The summed E-state index contributed by atoms with van der Waals surface area (Å²) in [5, 5.41) is 0.291. The Kier molecular flexibility index (Phi) is 8.27. The van der Waals surface area contributed by atoms with Gasteiger partial charge in [0.15, 0.2) is 16.6 Å². The first-order chi connectivity index (χ1) is 14.6. The molecule has 5 nitrogen and oxygen atoms in total. The molecular weight excluding hydrogens is 430 g/mol. The molecule has 0 aromatic carbocycles. The molecule has 0 atom stereocenters. The topological polar surface area (TPSA) is 70.3 Å². The highest BCUT2D eigenvalue weighted by Gasteiger charge is 2.38. The fourth-order valence-electron chi connectivity index (χ4n) is 2.78. The number of pyridine rings is 2. The predicted molar refractivity (Wildman–Crippen MR) is 138 cm³/mol. The molecule has 32 heavy (non-hydrogen) atoms. The van der Waals surface area contributed by atoms with Gasteiger partial charge in [-0.15, -0.1) is 0 Å². The molecule has 0 radical (unpaired) electrons. The van der Waals surface area contributed by atoms with E-state index in [1.807, 2.05) is 12.1 Å². The second kappa shape index (κ2) is 9.85. The minimum absolute atomic E-state index is 0.146. The van der Waals surface area contributed by atoms with Gasteiger partial charge in [-0.25, -0.2) is 0 Å². The van der Waals surface area contributed by atoms with Gasteiger partial charge in [0.2, 0.25) is 0 Å². The third-order valence-corrected chi connectivity index (χ3v) is 16.2. The Bertz CT molecular complexity index is 829. The monoisotopic (exact) mass is 473 g/mol. The van der Waals surface area contributed by atoms with Crippen LogP contribution in [0.4, 0.5) is 0 Å². The van der Waals surface area contributed by atoms with Crippen molar-refractivity contribution in [2.75, 3.05) is 0 Å². The highest BCUT2D eigenvalue weighted by atomic mass is 28.4. The maximum absolute atomic E-state index is 6.75. The molecule has 0 saturated carbocycles. The molecule has 2 heterocycles. The highest BCUT2D eigenvalue weighted by molar-refractivity contribution is 6.74. The number of rotatable bonds is 8. The molecule has 2 rings (SSSR count). The van der Waals surface area contributed by atoms with Crippen LogP contribution in [0.1, 0.15) is 70.1 Å². The van der Waals surface area contributed by atoms with Crippen molar-refractivity contribution in [1.29, 1.82) is 0 Å². The van der Waals surface area contributed by atoms with Crippen molar-refractivity contribution in [3.05, 3.63) is 59.2 Å². The van der Waals surface area contributed by atoms with Gasteiger partial charge in [0.05, 0.1) is 30.6 Å². The normalized spacial score (nSPS) is 13.6. The zero-order chi connectivity index (χ0) is 24.4. The molecule has 2 aromatic heterocycles. The van der Waals surface area contributed by atoms with Crippen molar-refractivity contribution in [3.63, 3.8) is 0 Å². The molecule has 178 valence electrons. The van der Waals surface area contributed by atoms with Gasteiger partial charge in [-0.1, -0.05) is 53.7 Å². The molecule has 0 aliphatic carbocycles. The molecule has 7 heteroatoms. The van der Waals surface area contributed by atoms with Gasteiger partial charge in [-0.2, -0.15) is 0 Å². The lowest BCUT2D eigenvalue weighted by Gasteiger charge is -2.36. The first kappa shape index (κ1) is 26.9. The third-order valence-electron chi connectivity index (χ3n) is 7.23. The Hall–Kier alpha value is -1.39. The molecule has 0 fully saturated rings. The van der Waals surface area contributed by atoms with Crippen molar-refractivity contribution in [3.8, 4) is 0 Å². The minimum Gasteiger partial charge on any atom is -0.412 e. The smallest absolute Gasteiger partial charge is 0.192 e. The van der Waals surface area contributed by atoms with Crippen LogP contribution in [-0.2, 0) is 22.1 Å². The van der Waals surface area contributed by atoms with E-state index in [2.05, 4.69) is 89.8 Å². The zero-order valence-electron chi connectivity index (χ0n) is 21.7. The van der Waals surface area contributed by atoms with Crippen molar-refractivity contribution < 1.29 is 8.85 Å². The van der Waals surface area contributed by atoms with Crippen molar-refractivity contribution in [2.45, 2.75) is 97.1 Å². The maximum atomic E-state index is 6.75. The van der Waals surface area contributed by atoms with E-state index in [0.717, 1.165) is 22.5 Å². The summed E-state index contributed by atoms with van der Waals surface area (Å²) in [7, 11) is -3.77. The van der Waals surface area contributed by atoms with Crippen molar-refractivity contribution in [2.24, 2.45) is 5.73 Å². The average Bonchev–Trinajstić information content (AvgIpc) is 2.69. The average molecular weight is 474 g/mol. The summed E-state index contributed by atoms with van der Waals surface area (Å²) in [6, 6.07) is 7.57. The lowest BCUT2D eigenvalue weighted by molar-refractivity contribution is 0.272. The second-order valence-electron chi connectivity index (χ2n) is 11.7. The Morgan fingerprint density at radius 1 is 0.750 bits per heavy atom. The number of hydrogen-bond acceptors (Lipinski definition) is 5. The van der Waals surface area contributed by atoms with E-state index >= 15 is 0 Å². The minimum atomic E-state index is -1.89. The summed E-state index contributed by atoms with van der Waals surface area (Å²) in [6.45, 7) is 23.6. The van der Waals surface area contributed by atoms with E-state index in [4.69, 9.17) is 14.6 Å². The maximum Gasteiger partial charge on any atom is 0.192 e. The Balaban J connectivity index is 2.29. The summed E-state index contributed by atoms with van der Waals surface area (Å²) >= 11 is 0. The Morgan fingerprint density at radius 3 is 1.41 bits per heavy atom. The molecule has 2 aromatic rings. The molecule has 0 aliphatic rings. The zero-order valence-corrected chi connectivity index (χ0v) is 23.7. The van der Waals surface area contributed by atoms with E-state index in [9.17, 15) is 0 Å². The molecule has 0 saturated heterocycles. The standard InChI is InChI=1S/C25H43N3O2Si2/c1-24(2,3)31(7,8)29-17-19-13-11-15-27-22(19)21(26)23-20(14-12-16-28-23)18-30-32(9,10)25(4,5)6/h11-16,21H,17-18,26H2,1-10H3. The number of aromatic nitrogens is 2. The fourth-order valence-corrected chi connectivity index (χ4v) is 4.68. The largest absolute Gasteiger partial charge is 0.412 e. The molecular formula is C25H43N3O2Si2. The first-order valence-electron chi connectivity index (χ1n) is 11.5. The van der Waals surface area contributed by atoms with Crippen LogP contribution < -0.4 is 5.73 Å². The molecule has 2 N–H and O–H groups in total. The van der Waals surface area contributed by atoms with Gasteiger partial charge < -0.3 is 14.6 Å². The van der Waals surface area contributed by atoms with E-state index < -0.39 is 22.7 Å². The SMILES string of the molecule is CC(C)(C)[Si](C)(C)OCc1cccnc1C(N)c1ncccc1CO[Si](C)(C)C(C)(C)C. The van der Waals surface area contributed by atoms with Gasteiger partial charge in [0, 0.05) is 12.4 Å². The van der Waals surface area contributed by atoms with E-state index in [0.29, 0.717) is 13.2 Å². The van der Waals surface area contributed by atoms with Crippen molar-refractivity contribution >= 4 is 16.6 Å². The molecule has 0 bridgehead atoms. The van der Waals surface area contributed by atoms with Gasteiger partial charge in [0.1, 0.15) is 0 Å². The third kappa shape index (κ3) is 6.35. The highest BCUT2D eigenvalue weighted by Crippen LogP contribution is 2.38. The summed E-state index contributed by atoms with van der Waals surface area (Å²) in [5.41, 5.74) is 10.4. The lowest BCUT2D eigenvalue weighted by atomic mass is 10.0. The van der Waals surface area contributed by atoms with Crippen LogP contribution in [0.5, 0.6) is 0 Å². The molecule has 0 amide bonds. The summed E-state index contributed by atoms with van der Waals surface area (Å²) in [6.07, 6.45) is 3.58. The summed E-state index contributed by atoms with van der Waals surface area (Å²) in [4.78, 5) is 9.29. The van der Waals surface area contributed by atoms with Crippen LogP contribution in [0.3, 0.4) is 0 Å². The number of nitrogens with zero attached hydrogens (tertiary/aromatic N) is 2. The predicted octanol–water partition coefficient (Wildman–Crippen LogP) is 6.57. The molecule has 0 spiro atoms. The van der Waals surface area contributed by atoms with E-state index in [1.165, 1.54) is 0 Å². The summed E-state index contributed by atoms with van der Waals surface area (Å²) < 4.78 is 12.9. The van der Waals surface area contributed by atoms with Crippen LogP contribution >= 0.6 is 0 Å². The second-order valence-corrected chi connectivity index (χ2v) is 21.3. The quantitative estimate of drug-likeness (QED) is 0.439. The fraction of sp³-hybridized carbons (Fsp3) is 0.600. The van der Waals surface area contributed by atoms with Gasteiger partial charge >= 0.3 is 0 Å². The van der Waals surface area contributed by atoms with Crippen LogP contribution in [-0.4, -0.2) is 26.6 Å². The Labute approximate surface area is 197 Å². The lowest BCUT2D eigenvalue weighted by Crippen LogP contribution is -2.40. The van der Waals surface area contributed by atoms with Crippen LogP contribution in [0, 0.1) is 0 Å². The molecule has 0 unspecified atom stereocenters. The van der Waals surface area contributed by atoms with Gasteiger partial charge in [0.25, 0.3) is 0 Å². The van der Waals surface area contributed by atoms with E-state index in [-0.39, 0.29) is 10.1 Å².